The molecule has 0 fully saturated rings. The van der Waals surface area contributed by atoms with E-state index in [1.165, 1.54) is 6.21 Å². The average molecular weight is 360 g/mol. The van der Waals surface area contributed by atoms with Gasteiger partial charge in [0.1, 0.15) is 5.75 Å². The van der Waals surface area contributed by atoms with Crippen LogP contribution in [0, 0.1) is 0 Å². The molecular formula is C18H18ClN3O3. The molecule has 0 radical (unpaired) electrons. The highest BCUT2D eigenvalue weighted by atomic mass is 35.5. The molecule has 0 saturated carbocycles. The largest absolute Gasteiger partial charge is 0.497 e. The summed E-state index contributed by atoms with van der Waals surface area (Å²) in [6.07, 6.45) is 1.58. The molecule has 2 amide bonds. The molecule has 0 unspecified atom stereocenters. The molecule has 0 aliphatic rings. The maximum absolute atomic E-state index is 11.8. The summed E-state index contributed by atoms with van der Waals surface area (Å²) in [5.41, 5.74) is 3.79. The van der Waals surface area contributed by atoms with Gasteiger partial charge in [0, 0.05) is 23.6 Å². The fourth-order valence-corrected chi connectivity index (χ4v) is 2.15. The molecule has 0 saturated heterocycles. The summed E-state index contributed by atoms with van der Waals surface area (Å²) < 4.78 is 5.04. The third-order valence-corrected chi connectivity index (χ3v) is 3.44. The highest BCUT2D eigenvalue weighted by Crippen LogP contribution is 2.15. The molecule has 2 aromatic carbocycles. The van der Waals surface area contributed by atoms with Crippen molar-refractivity contribution in [1.29, 1.82) is 0 Å². The normalized spacial score (nSPS) is 10.5. The van der Waals surface area contributed by atoms with Crippen LogP contribution in [0.1, 0.15) is 18.4 Å². The van der Waals surface area contributed by atoms with Gasteiger partial charge in [-0.1, -0.05) is 23.7 Å². The van der Waals surface area contributed by atoms with Crippen molar-refractivity contribution in [3.63, 3.8) is 0 Å². The monoisotopic (exact) mass is 359 g/mol. The lowest BCUT2D eigenvalue weighted by molar-refractivity contribution is -0.124. The lowest BCUT2D eigenvalue weighted by Gasteiger charge is -2.06. The van der Waals surface area contributed by atoms with Crippen LogP contribution in [0.5, 0.6) is 5.75 Å². The first-order valence-corrected chi connectivity index (χ1v) is 7.96. The predicted molar refractivity (Wildman–Crippen MR) is 98.0 cm³/mol. The first-order valence-electron chi connectivity index (χ1n) is 7.58. The number of amides is 2. The van der Waals surface area contributed by atoms with E-state index in [0.717, 1.165) is 5.56 Å². The van der Waals surface area contributed by atoms with Gasteiger partial charge in [0.2, 0.25) is 11.8 Å². The fourth-order valence-electron chi connectivity index (χ4n) is 1.95. The van der Waals surface area contributed by atoms with Crippen LogP contribution in [0.4, 0.5) is 5.69 Å². The van der Waals surface area contributed by atoms with Gasteiger partial charge in [-0.3, -0.25) is 9.59 Å². The SMILES string of the molecule is COc1ccc(NC(=O)CCC(=O)N/N=C\c2cccc(Cl)c2)cc1. The van der Waals surface area contributed by atoms with Crippen LogP contribution in [-0.2, 0) is 9.59 Å². The second-order valence-electron chi connectivity index (χ2n) is 5.12. The Hall–Kier alpha value is -2.86. The number of carbonyl (C=O) groups excluding carboxylic acids is 2. The number of nitrogens with one attached hydrogen (secondary N) is 2. The van der Waals surface area contributed by atoms with Gasteiger partial charge in [0.05, 0.1) is 13.3 Å². The quantitative estimate of drug-likeness (QED) is 0.588. The molecule has 2 N–H and O–H groups in total. The van der Waals surface area contributed by atoms with Gasteiger partial charge < -0.3 is 10.1 Å². The van der Waals surface area contributed by atoms with Crippen molar-refractivity contribution >= 4 is 35.3 Å². The second-order valence-corrected chi connectivity index (χ2v) is 5.56. The number of anilines is 1. The lowest BCUT2D eigenvalue weighted by atomic mass is 10.2. The summed E-state index contributed by atoms with van der Waals surface area (Å²) in [7, 11) is 1.57. The van der Waals surface area contributed by atoms with Crippen LogP contribution in [0.25, 0.3) is 0 Å². The molecule has 25 heavy (non-hydrogen) atoms. The molecule has 2 aromatic rings. The number of hydrogen-bond donors (Lipinski definition) is 2. The van der Waals surface area contributed by atoms with E-state index in [2.05, 4.69) is 15.8 Å². The number of ether oxygens (including phenoxy) is 1. The molecule has 6 nitrogen and oxygen atoms in total. The van der Waals surface area contributed by atoms with Crippen LogP contribution in [0.2, 0.25) is 5.02 Å². The Labute approximate surface area is 150 Å². The minimum absolute atomic E-state index is 0.0366. The van der Waals surface area contributed by atoms with Crippen molar-refractivity contribution in [3.05, 3.63) is 59.1 Å². The zero-order valence-corrected chi connectivity index (χ0v) is 14.4. The van der Waals surface area contributed by atoms with E-state index in [-0.39, 0.29) is 24.7 Å². The van der Waals surface area contributed by atoms with Gasteiger partial charge in [-0.2, -0.15) is 5.10 Å². The fraction of sp³-hybridized carbons (Fsp3) is 0.167. The Morgan fingerprint density at radius 3 is 2.52 bits per heavy atom. The van der Waals surface area contributed by atoms with E-state index in [1.807, 2.05) is 6.07 Å². The number of halogens is 1. The van der Waals surface area contributed by atoms with Crippen LogP contribution >= 0.6 is 11.6 Å². The molecule has 0 aliphatic heterocycles. The Morgan fingerprint density at radius 2 is 1.84 bits per heavy atom. The van der Waals surface area contributed by atoms with E-state index >= 15 is 0 Å². The number of rotatable bonds is 7. The standard InChI is InChI=1S/C18H18ClN3O3/c1-25-16-7-5-15(6-8-16)21-17(23)9-10-18(24)22-20-12-13-3-2-4-14(19)11-13/h2-8,11-12H,9-10H2,1H3,(H,21,23)(H,22,24)/b20-12-. The van der Waals surface area contributed by atoms with Gasteiger partial charge in [0.25, 0.3) is 0 Å². The van der Waals surface area contributed by atoms with E-state index in [9.17, 15) is 9.59 Å². The molecule has 2 rings (SSSR count). The summed E-state index contributed by atoms with van der Waals surface area (Å²) >= 11 is 5.85. The van der Waals surface area contributed by atoms with Crippen molar-refractivity contribution in [2.45, 2.75) is 12.8 Å². The maximum atomic E-state index is 11.8. The zero-order valence-electron chi connectivity index (χ0n) is 13.7. The lowest BCUT2D eigenvalue weighted by Crippen LogP contribution is -2.20. The molecule has 7 heteroatoms. The first kappa shape index (κ1) is 18.5. The van der Waals surface area contributed by atoms with E-state index in [0.29, 0.717) is 16.5 Å². The summed E-state index contributed by atoms with van der Waals surface area (Å²) in [5, 5.41) is 7.13. The van der Waals surface area contributed by atoms with Gasteiger partial charge in [-0.15, -0.1) is 0 Å². The number of benzene rings is 2. The van der Waals surface area contributed by atoms with Gasteiger partial charge in [-0.25, -0.2) is 5.43 Å². The summed E-state index contributed by atoms with van der Waals surface area (Å²) in [6.45, 7) is 0. The van der Waals surface area contributed by atoms with Crippen molar-refractivity contribution < 1.29 is 14.3 Å². The summed E-state index contributed by atoms with van der Waals surface area (Å²) in [5.74, 6) is 0.109. The van der Waals surface area contributed by atoms with Crippen molar-refractivity contribution in [1.82, 2.24) is 5.43 Å². The van der Waals surface area contributed by atoms with Crippen LogP contribution in [0.3, 0.4) is 0 Å². The highest BCUT2D eigenvalue weighted by molar-refractivity contribution is 6.30. The van der Waals surface area contributed by atoms with Gasteiger partial charge in [-0.05, 0) is 42.0 Å². The number of hydrazone groups is 1. The van der Waals surface area contributed by atoms with Crippen LogP contribution in [0.15, 0.2) is 53.6 Å². The average Bonchev–Trinajstić information content (AvgIpc) is 2.61. The molecule has 0 atom stereocenters. The zero-order chi connectivity index (χ0) is 18.1. The molecule has 0 spiro atoms. The number of carbonyl (C=O) groups is 2. The van der Waals surface area contributed by atoms with Crippen LogP contribution in [-0.4, -0.2) is 25.1 Å². The van der Waals surface area contributed by atoms with Crippen molar-refractivity contribution in [2.24, 2.45) is 5.10 Å². The van der Waals surface area contributed by atoms with Crippen LogP contribution < -0.4 is 15.5 Å². The third-order valence-electron chi connectivity index (χ3n) is 3.20. The predicted octanol–water partition coefficient (Wildman–Crippen LogP) is 3.22. The Morgan fingerprint density at radius 1 is 1.12 bits per heavy atom. The molecule has 0 bridgehead atoms. The van der Waals surface area contributed by atoms with E-state index < -0.39 is 0 Å². The molecule has 130 valence electrons. The summed E-state index contributed by atoms with van der Waals surface area (Å²) in [6, 6.07) is 14.0. The Bertz CT molecular complexity index is 760. The minimum Gasteiger partial charge on any atom is -0.497 e. The van der Waals surface area contributed by atoms with Crippen molar-refractivity contribution in [3.8, 4) is 5.75 Å². The summed E-state index contributed by atoms with van der Waals surface area (Å²) in [4.78, 5) is 23.5. The molecular weight excluding hydrogens is 342 g/mol. The topological polar surface area (TPSA) is 79.8 Å². The molecule has 0 heterocycles. The maximum Gasteiger partial charge on any atom is 0.240 e. The molecule has 0 aliphatic carbocycles. The highest BCUT2D eigenvalue weighted by Gasteiger charge is 2.07. The number of hydrogen-bond acceptors (Lipinski definition) is 4. The van der Waals surface area contributed by atoms with E-state index in [4.69, 9.17) is 16.3 Å². The minimum atomic E-state index is -0.344. The van der Waals surface area contributed by atoms with E-state index in [1.54, 1.807) is 49.6 Å². The third kappa shape index (κ3) is 6.64. The van der Waals surface area contributed by atoms with Gasteiger partial charge in [0.15, 0.2) is 0 Å². The Kier molecular flexibility index (Phi) is 6.98. The number of nitrogens with zero attached hydrogens (tertiary/aromatic N) is 1. The van der Waals surface area contributed by atoms with Crippen molar-refractivity contribution in [2.75, 3.05) is 12.4 Å². The second kappa shape index (κ2) is 9.44. The Balaban J connectivity index is 1.72. The smallest absolute Gasteiger partial charge is 0.240 e. The van der Waals surface area contributed by atoms with Gasteiger partial charge >= 0.3 is 0 Å². The molecule has 0 aromatic heterocycles. The first-order chi connectivity index (χ1) is 12.1. The number of methoxy groups -OCH3 is 1.